The summed E-state index contributed by atoms with van der Waals surface area (Å²) in [4.78, 5) is 13.6. The van der Waals surface area contributed by atoms with Crippen molar-refractivity contribution in [2.75, 3.05) is 0 Å². The summed E-state index contributed by atoms with van der Waals surface area (Å²) < 4.78 is 0. The summed E-state index contributed by atoms with van der Waals surface area (Å²) >= 11 is 1.83. The number of aryl methyl sites for hydroxylation is 2. The summed E-state index contributed by atoms with van der Waals surface area (Å²) in [6.07, 6.45) is 0. The van der Waals surface area contributed by atoms with E-state index >= 15 is 0 Å². The lowest BCUT2D eigenvalue weighted by atomic mass is 9.68. The van der Waals surface area contributed by atoms with Gasteiger partial charge in [0.05, 0.1) is 22.8 Å². The Bertz CT molecular complexity index is 2360. The van der Waals surface area contributed by atoms with Gasteiger partial charge in [-0.15, -0.1) is 0 Å². The van der Waals surface area contributed by atoms with Crippen LogP contribution in [0.3, 0.4) is 0 Å². The number of pyridine rings is 2. The van der Waals surface area contributed by atoms with Crippen molar-refractivity contribution in [2.24, 2.45) is 0 Å². The minimum Gasteiger partial charge on any atom is -0.251 e. The maximum absolute atomic E-state index is 5.59. The van der Waals surface area contributed by atoms with E-state index in [4.69, 9.17) is 9.97 Å². The average Bonchev–Trinajstić information content (AvgIpc) is 3.14. The number of benzene rings is 6. The Morgan fingerprint density at radius 1 is 0.417 bits per heavy atom. The topological polar surface area (TPSA) is 25.8 Å². The lowest BCUT2D eigenvalue weighted by Crippen LogP contribution is -2.36. The molecular formula is C45H32N2S. The Balaban J connectivity index is 1.33. The van der Waals surface area contributed by atoms with Gasteiger partial charge in [0.25, 0.3) is 0 Å². The minimum absolute atomic E-state index is 0.736. The van der Waals surface area contributed by atoms with Gasteiger partial charge in [0.1, 0.15) is 5.41 Å². The van der Waals surface area contributed by atoms with Gasteiger partial charge in [-0.1, -0.05) is 133 Å². The lowest BCUT2D eigenvalue weighted by Gasteiger charge is -2.40. The summed E-state index contributed by atoms with van der Waals surface area (Å²) in [5.74, 6) is 0. The molecule has 2 aromatic heterocycles. The van der Waals surface area contributed by atoms with Gasteiger partial charge in [-0.2, -0.15) is 0 Å². The summed E-state index contributed by atoms with van der Waals surface area (Å²) in [6.45, 7) is 4.42. The fourth-order valence-electron chi connectivity index (χ4n) is 7.67. The van der Waals surface area contributed by atoms with E-state index in [9.17, 15) is 0 Å². The molecule has 0 spiro atoms. The Kier molecular flexibility index (Phi) is 6.77. The monoisotopic (exact) mass is 632 g/mol. The second-order valence-corrected chi connectivity index (χ2v) is 13.7. The predicted molar refractivity (Wildman–Crippen MR) is 200 cm³/mol. The number of rotatable bonds is 4. The average molecular weight is 633 g/mol. The lowest BCUT2D eigenvalue weighted by molar-refractivity contribution is 0.656. The van der Waals surface area contributed by atoms with Gasteiger partial charge < -0.3 is 0 Å². The van der Waals surface area contributed by atoms with E-state index < -0.39 is 5.41 Å². The number of hydrogen-bond donors (Lipinski definition) is 0. The van der Waals surface area contributed by atoms with Crippen molar-refractivity contribution in [1.82, 2.24) is 9.97 Å². The van der Waals surface area contributed by atoms with E-state index in [2.05, 4.69) is 172 Å². The Labute approximate surface area is 285 Å². The molecule has 0 N–H and O–H groups in total. The van der Waals surface area contributed by atoms with Crippen LogP contribution in [0.4, 0.5) is 0 Å². The zero-order valence-corrected chi connectivity index (χ0v) is 27.6. The molecular weight excluding hydrogens is 601 g/mol. The first kappa shape index (κ1) is 28.7. The first-order valence-electron chi connectivity index (χ1n) is 16.4. The highest BCUT2D eigenvalue weighted by Gasteiger charge is 2.46. The molecule has 0 unspecified atom stereocenters. The first-order valence-corrected chi connectivity index (χ1v) is 17.2. The van der Waals surface area contributed by atoms with Crippen LogP contribution in [0.25, 0.3) is 44.1 Å². The number of fused-ring (bicyclic) bond motifs is 4. The Morgan fingerprint density at radius 3 is 1.35 bits per heavy atom. The minimum atomic E-state index is -0.736. The van der Waals surface area contributed by atoms with Crippen LogP contribution in [0.15, 0.2) is 168 Å². The SMILES string of the molecule is Cc1c(-c2cccc(C3(c4cccc(-c5ccc6ccccc6c5C)n4)c4ccccc4Sc4ccccc43)n2)ccc2ccccc12. The summed E-state index contributed by atoms with van der Waals surface area (Å²) in [7, 11) is 0. The third-order valence-corrected chi connectivity index (χ3v) is 11.2. The van der Waals surface area contributed by atoms with E-state index in [1.807, 2.05) is 11.8 Å². The van der Waals surface area contributed by atoms with Crippen LogP contribution < -0.4 is 0 Å². The molecule has 0 fully saturated rings. The van der Waals surface area contributed by atoms with Gasteiger partial charge in [0, 0.05) is 20.9 Å². The molecule has 0 saturated carbocycles. The van der Waals surface area contributed by atoms with Crippen molar-refractivity contribution in [3.63, 3.8) is 0 Å². The number of hydrogen-bond acceptors (Lipinski definition) is 3. The third kappa shape index (κ3) is 4.35. The molecule has 0 atom stereocenters. The van der Waals surface area contributed by atoms with Gasteiger partial charge in [-0.05, 0) is 94.0 Å². The molecule has 3 heterocycles. The van der Waals surface area contributed by atoms with Crippen molar-refractivity contribution < 1.29 is 0 Å². The van der Waals surface area contributed by atoms with Gasteiger partial charge in [0.15, 0.2) is 0 Å². The van der Waals surface area contributed by atoms with Crippen molar-refractivity contribution in [1.29, 1.82) is 0 Å². The van der Waals surface area contributed by atoms with Crippen molar-refractivity contribution in [3.05, 3.63) is 191 Å². The molecule has 0 saturated heterocycles. The molecule has 1 aliphatic heterocycles. The third-order valence-electron chi connectivity index (χ3n) is 10.0. The molecule has 0 aliphatic carbocycles. The fourth-order valence-corrected chi connectivity index (χ4v) is 8.87. The quantitative estimate of drug-likeness (QED) is 0.193. The molecule has 48 heavy (non-hydrogen) atoms. The molecule has 2 nitrogen and oxygen atoms in total. The summed E-state index contributed by atoms with van der Waals surface area (Å²) in [6, 6.07) is 56.6. The van der Waals surface area contributed by atoms with Gasteiger partial charge in [0.2, 0.25) is 0 Å². The first-order chi connectivity index (χ1) is 23.6. The smallest absolute Gasteiger partial charge is 0.107 e. The van der Waals surface area contributed by atoms with E-state index in [0.29, 0.717) is 0 Å². The van der Waals surface area contributed by atoms with Gasteiger partial charge in [-0.3, -0.25) is 9.97 Å². The van der Waals surface area contributed by atoms with E-state index in [1.54, 1.807) is 0 Å². The van der Waals surface area contributed by atoms with Gasteiger partial charge in [-0.25, -0.2) is 0 Å². The highest BCUT2D eigenvalue weighted by molar-refractivity contribution is 7.99. The standard InChI is InChI=1S/C45H32N2S/c1-29-33-15-5-3-13-31(33)25-27-35(29)39-19-11-23-43(46-39)45(37-17-7-9-21-41(37)48-42-22-10-8-18-38(42)45)44-24-12-20-40(47-44)36-28-26-32-14-4-6-16-34(32)30(36)2/h3-28H,1-2H3. The fraction of sp³-hybridized carbons (Fsp3) is 0.0667. The summed E-state index contributed by atoms with van der Waals surface area (Å²) in [5.41, 5.74) is 10.3. The van der Waals surface area contributed by atoms with Crippen LogP contribution in [-0.2, 0) is 5.41 Å². The molecule has 0 amide bonds. The van der Waals surface area contributed by atoms with Crippen LogP contribution in [0.2, 0.25) is 0 Å². The molecule has 1 aliphatic rings. The zero-order chi connectivity index (χ0) is 32.2. The number of aromatic nitrogens is 2. The van der Waals surface area contributed by atoms with E-state index in [-0.39, 0.29) is 0 Å². The highest BCUT2D eigenvalue weighted by atomic mass is 32.2. The van der Waals surface area contributed by atoms with E-state index in [1.165, 1.54) is 53.6 Å². The normalized spacial score (nSPS) is 13.3. The van der Waals surface area contributed by atoms with Crippen LogP contribution in [0.1, 0.15) is 33.6 Å². The highest BCUT2D eigenvalue weighted by Crippen LogP contribution is 2.55. The number of nitrogens with zero attached hydrogens (tertiary/aromatic N) is 2. The van der Waals surface area contributed by atoms with E-state index in [0.717, 1.165) is 33.9 Å². The van der Waals surface area contributed by atoms with Crippen LogP contribution in [-0.4, -0.2) is 9.97 Å². The second kappa shape index (κ2) is 11.3. The van der Waals surface area contributed by atoms with Crippen molar-refractivity contribution in [2.45, 2.75) is 29.1 Å². The molecule has 3 heteroatoms. The van der Waals surface area contributed by atoms with Crippen LogP contribution in [0.5, 0.6) is 0 Å². The molecule has 8 aromatic rings. The maximum atomic E-state index is 5.59. The molecule has 0 bridgehead atoms. The van der Waals surface area contributed by atoms with Gasteiger partial charge >= 0.3 is 0 Å². The predicted octanol–water partition coefficient (Wildman–Crippen LogP) is 11.6. The molecule has 228 valence electrons. The second-order valence-electron chi connectivity index (χ2n) is 12.6. The summed E-state index contributed by atoms with van der Waals surface area (Å²) in [5, 5.41) is 4.98. The largest absolute Gasteiger partial charge is 0.251 e. The molecule has 9 rings (SSSR count). The van der Waals surface area contributed by atoms with Crippen molar-refractivity contribution in [3.8, 4) is 22.5 Å². The van der Waals surface area contributed by atoms with Crippen LogP contribution >= 0.6 is 11.8 Å². The molecule has 0 radical (unpaired) electrons. The Morgan fingerprint density at radius 2 is 0.854 bits per heavy atom. The maximum Gasteiger partial charge on any atom is 0.107 e. The molecule has 6 aromatic carbocycles. The Hall–Kier alpha value is -5.51. The zero-order valence-electron chi connectivity index (χ0n) is 26.8. The van der Waals surface area contributed by atoms with Crippen LogP contribution in [0, 0.1) is 13.8 Å². The van der Waals surface area contributed by atoms with Crippen molar-refractivity contribution >= 4 is 33.3 Å².